The van der Waals surface area contributed by atoms with E-state index in [4.69, 9.17) is 0 Å². The molecule has 1 rings (SSSR count). The molecule has 0 aromatic heterocycles. The third-order valence-electron chi connectivity index (χ3n) is 3.90. The zero-order valence-electron chi connectivity index (χ0n) is 11.1. The maximum Gasteiger partial charge on any atom is 0.122 e. The maximum atomic E-state index is 2.81. The Kier molecular flexibility index (Phi) is 5.30. The fourth-order valence-electron chi connectivity index (χ4n) is 2.54. The van der Waals surface area contributed by atoms with Crippen molar-refractivity contribution in [2.45, 2.75) is 45.8 Å². The van der Waals surface area contributed by atoms with Gasteiger partial charge in [-0.2, -0.15) is 0 Å². The minimum Gasteiger partial charge on any atom is -0.322 e. The Morgan fingerprint density at radius 3 is 2.33 bits per heavy atom. The first-order valence-corrected chi connectivity index (χ1v) is 9.73. The molecule has 0 spiro atoms. The van der Waals surface area contributed by atoms with Crippen LogP contribution in [-0.4, -0.2) is 50.4 Å². The molecular formula is C12H28N2Si. The molecule has 0 unspecified atom stereocenters. The molecule has 90 valence electrons. The van der Waals surface area contributed by atoms with Crippen molar-refractivity contribution in [3.63, 3.8) is 0 Å². The number of nitrogens with zero attached hydrogens (tertiary/aromatic N) is 2. The third kappa shape index (κ3) is 3.89. The van der Waals surface area contributed by atoms with Gasteiger partial charge in [0.2, 0.25) is 0 Å². The maximum absolute atomic E-state index is 2.81. The lowest BCUT2D eigenvalue weighted by Crippen LogP contribution is -2.53. The van der Waals surface area contributed by atoms with Gasteiger partial charge in [0.05, 0.1) is 0 Å². The van der Waals surface area contributed by atoms with E-state index in [0.29, 0.717) is 0 Å². The molecule has 1 aliphatic heterocycles. The minimum atomic E-state index is -1.01. The van der Waals surface area contributed by atoms with Gasteiger partial charge in [-0.3, -0.25) is 0 Å². The van der Waals surface area contributed by atoms with Crippen molar-refractivity contribution in [3.05, 3.63) is 0 Å². The number of rotatable bonds is 5. The van der Waals surface area contributed by atoms with Gasteiger partial charge in [-0.25, -0.2) is 0 Å². The van der Waals surface area contributed by atoms with Gasteiger partial charge in [0.1, 0.15) is 8.24 Å². The molecule has 3 heteroatoms. The highest BCUT2D eigenvalue weighted by molar-refractivity contribution is 6.74. The van der Waals surface area contributed by atoms with Crippen LogP contribution in [-0.2, 0) is 0 Å². The lowest BCUT2D eigenvalue weighted by Gasteiger charge is -2.41. The van der Waals surface area contributed by atoms with Crippen LogP contribution in [0.1, 0.15) is 26.7 Å². The summed E-state index contributed by atoms with van der Waals surface area (Å²) in [6.07, 6.45) is 2.90. The first kappa shape index (κ1) is 13.2. The molecule has 0 saturated carbocycles. The van der Waals surface area contributed by atoms with Gasteiger partial charge in [-0.15, -0.1) is 0 Å². The van der Waals surface area contributed by atoms with Crippen LogP contribution in [0, 0.1) is 0 Å². The van der Waals surface area contributed by atoms with E-state index in [1.54, 1.807) is 0 Å². The molecule has 15 heavy (non-hydrogen) atoms. The predicted octanol–water partition coefficient (Wildman–Crippen LogP) is 2.63. The second-order valence-corrected chi connectivity index (χ2v) is 10.0. The molecule has 0 bridgehead atoms. The van der Waals surface area contributed by atoms with Gasteiger partial charge in [0.25, 0.3) is 0 Å². The molecule has 0 N–H and O–H groups in total. The average Bonchev–Trinajstić information content (AvgIpc) is 2.21. The van der Waals surface area contributed by atoms with Crippen molar-refractivity contribution in [2.75, 3.05) is 32.7 Å². The highest BCUT2D eigenvalue weighted by atomic mass is 28.3. The van der Waals surface area contributed by atoms with Gasteiger partial charge in [-0.05, 0) is 32.1 Å². The highest BCUT2D eigenvalue weighted by Gasteiger charge is 2.31. The number of hydrogen-bond donors (Lipinski definition) is 0. The van der Waals surface area contributed by atoms with Crippen LogP contribution in [0.4, 0.5) is 0 Å². The zero-order chi connectivity index (χ0) is 11.3. The van der Waals surface area contributed by atoms with E-state index in [-0.39, 0.29) is 0 Å². The van der Waals surface area contributed by atoms with E-state index in [2.05, 4.69) is 36.4 Å². The van der Waals surface area contributed by atoms with Crippen LogP contribution >= 0.6 is 0 Å². The third-order valence-corrected chi connectivity index (χ3v) is 7.64. The fourth-order valence-corrected chi connectivity index (χ4v) is 5.44. The first-order chi connectivity index (χ1) is 7.10. The van der Waals surface area contributed by atoms with Crippen LogP contribution in [0.3, 0.4) is 0 Å². The Bertz CT molecular complexity index is 178. The second-order valence-electron chi connectivity index (χ2n) is 5.28. The second kappa shape index (κ2) is 6.02. The molecule has 1 aliphatic rings. The number of likely N-dealkylation sites (N-methyl/N-ethyl adjacent to an activating group) is 1. The summed E-state index contributed by atoms with van der Waals surface area (Å²) in [7, 11) is -1.01. The molecule has 0 aromatic carbocycles. The van der Waals surface area contributed by atoms with E-state index < -0.39 is 8.24 Å². The van der Waals surface area contributed by atoms with Gasteiger partial charge >= 0.3 is 0 Å². The standard InChI is InChI=1S/C12H28N2Si/c1-5-13(6-2)10-11-14-9-7-8-12-15(14,3)4/h5-12H2,1-4H3. The van der Waals surface area contributed by atoms with E-state index in [9.17, 15) is 0 Å². The summed E-state index contributed by atoms with van der Waals surface area (Å²) >= 11 is 0. The predicted molar refractivity (Wildman–Crippen MR) is 70.9 cm³/mol. The SMILES string of the molecule is CCN(CC)CCN1CCCC[Si]1(C)C. The first-order valence-electron chi connectivity index (χ1n) is 6.57. The van der Waals surface area contributed by atoms with Crippen LogP contribution in [0.15, 0.2) is 0 Å². The summed E-state index contributed by atoms with van der Waals surface area (Å²) < 4.78 is 2.81. The highest BCUT2D eigenvalue weighted by Crippen LogP contribution is 2.24. The van der Waals surface area contributed by atoms with Gasteiger partial charge in [-0.1, -0.05) is 33.4 Å². The zero-order valence-corrected chi connectivity index (χ0v) is 12.1. The van der Waals surface area contributed by atoms with E-state index in [0.717, 1.165) is 0 Å². The van der Waals surface area contributed by atoms with Gasteiger partial charge in [0.15, 0.2) is 0 Å². The fraction of sp³-hybridized carbons (Fsp3) is 1.00. The Balaban J connectivity index is 2.35. The van der Waals surface area contributed by atoms with Gasteiger partial charge in [0, 0.05) is 13.1 Å². The van der Waals surface area contributed by atoms with E-state index in [1.165, 1.54) is 51.6 Å². The molecule has 0 aliphatic carbocycles. The summed E-state index contributed by atoms with van der Waals surface area (Å²) in [5, 5.41) is 0. The normalized spacial score (nSPS) is 22.2. The monoisotopic (exact) mass is 228 g/mol. The summed E-state index contributed by atoms with van der Waals surface area (Å²) in [6, 6.07) is 1.51. The largest absolute Gasteiger partial charge is 0.322 e. The van der Waals surface area contributed by atoms with Crippen LogP contribution in [0.5, 0.6) is 0 Å². The minimum absolute atomic E-state index is 1.01. The molecule has 1 heterocycles. The van der Waals surface area contributed by atoms with Crippen molar-refractivity contribution in [2.24, 2.45) is 0 Å². The quantitative estimate of drug-likeness (QED) is 0.668. The lowest BCUT2D eigenvalue weighted by atomic mass is 10.3. The molecular weight excluding hydrogens is 200 g/mol. The van der Waals surface area contributed by atoms with Crippen molar-refractivity contribution >= 4 is 8.24 Å². The Morgan fingerprint density at radius 2 is 1.80 bits per heavy atom. The molecule has 0 radical (unpaired) electrons. The molecule has 1 fully saturated rings. The van der Waals surface area contributed by atoms with Gasteiger partial charge < -0.3 is 9.47 Å². The van der Waals surface area contributed by atoms with Crippen molar-refractivity contribution in [1.29, 1.82) is 0 Å². The van der Waals surface area contributed by atoms with Crippen molar-refractivity contribution in [1.82, 2.24) is 9.47 Å². The van der Waals surface area contributed by atoms with Crippen LogP contribution < -0.4 is 0 Å². The van der Waals surface area contributed by atoms with E-state index in [1.807, 2.05) is 0 Å². The van der Waals surface area contributed by atoms with Crippen LogP contribution in [0.2, 0.25) is 19.1 Å². The van der Waals surface area contributed by atoms with Crippen molar-refractivity contribution in [3.8, 4) is 0 Å². The topological polar surface area (TPSA) is 6.48 Å². The van der Waals surface area contributed by atoms with E-state index >= 15 is 0 Å². The molecule has 1 saturated heterocycles. The summed E-state index contributed by atoms with van der Waals surface area (Å²) in [6.45, 7) is 15.9. The smallest absolute Gasteiger partial charge is 0.122 e. The summed E-state index contributed by atoms with van der Waals surface area (Å²) in [5.41, 5.74) is 0. The van der Waals surface area contributed by atoms with Crippen molar-refractivity contribution < 1.29 is 0 Å². The molecule has 2 nitrogen and oxygen atoms in total. The van der Waals surface area contributed by atoms with Crippen LogP contribution in [0.25, 0.3) is 0 Å². The summed E-state index contributed by atoms with van der Waals surface area (Å²) in [5.74, 6) is 0. The molecule has 0 amide bonds. The summed E-state index contributed by atoms with van der Waals surface area (Å²) in [4.78, 5) is 2.54. The molecule has 0 atom stereocenters. The Hall–Kier alpha value is 0.137. The lowest BCUT2D eigenvalue weighted by molar-refractivity contribution is 0.261. The number of hydrogen-bond acceptors (Lipinski definition) is 2. The Morgan fingerprint density at radius 1 is 1.13 bits per heavy atom. The molecule has 0 aromatic rings. The Labute approximate surface area is 96.7 Å². The average molecular weight is 228 g/mol.